The summed E-state index contributed by atoms with van der Waals surface area (Å²) in [4.78, 5) is 12.0. The number of anilines is 1. The summed E-state index contributed by atoms with van der Waals surface area (Å²) in [7, 11) is 1.69. The van der Waals surface area contributed by atoms with Crippen molar-refractivity contribution in [2.45, 2.75) is 20.3 Å². The van der Waals surface area contributed by atoms with Crippen LogP contribution in [0.15, 0.2) is 34.9 Å². The third kappa shape index (κ3) is 3.28. The van der Waals surface area contributed by atoms with Gasteiger partial charge in [-0.3, -0.25) is 14.8 Å². The Hall–Kier alpha value is -2.96. The standard InChI is InChI=1S/C16H17N5O2/c1-10-4-5-12(8-11(10)2)9-14-19-20-16(23-14)18-15(22)13-6-7-17-21(13)3/h4-8H,9H2,1-3H3,(H,18,20,22). The van der Waals surface area contributed by atoms with Gasteiger partial charge in [0.1, 0.15) is 5.69 Å². The van der Waals surface area contributed by atoms with E-state index in [1.54, 1.807) is 19.3 Å². The molecule has 2 heterocycles. The second-order valence-corrected chi connectivity index (χ2v) is 5.39. The molecule has 2 aromatic heterocycles. The first-order valence-corrected chi connectivity index (χ1v) is 7.21. The molecule has 3 rings (SSSR count). The number of carbonyl (C=O) groups is 1. The maximum atomic E-state index is 12.0. The number of nitrogens with one attached hydrogen (secondary N) is 1. The molecule has 0 aliphatic heterocycles. The Morgan fingerprint density at radius 1 is 1.22 bits per heavy atom. The van der Waals surface area contributed by atoms with E-state index in [1.165, 1.54) is 15.8 Å². The molecule has 1 aromatic carbocycles. The lowest BCUT2D eigenvalue weighted by molar-refractivity contribution is 0.101. The number of hydrogen-bond acceptors (Lipinski definition) is 5. The van der Waals surface area contributed by atoms with Crippen molar-refractivity contribution in [1.82, 2.24) is 20.0 Å². The predicted molar refractivity (Wildman–Crippen MR) is 84.2 cm³/mol. The highest BCUT2D eigenvalue weighted by atomic mass is 16.4. The molecular weight excluding hydrogens is 294 g/mol. The van der Waals surface area contributed by atoms with Crippen molar-refractivity contribution >= 4 is 11.9 Å². The Balaban J connectivity index is 1.69. The summed E-state index contributed by atoms with van der Waals surface area (Å²) in [6.45, 7) is 4.13. The molecule has 7 nitrogen and oxygen atoms in total. The van der Waals surface area contributed by atoms with Crippen LogP contribution in [-0.2, 0) is 13.5 Å². The van der Waals surface area contributed by atoms with Crippen LogP contribution in [0.1, 0.15) is 33.1 Å². The summed E-state index contributed by atoms with van der Waals surface area (Å²) >= 11 is 0. The number of amides is 1. The molecule has 0 fully saturated rings. The first-order chi connectivity index (χ1) is 11.0. The van der Waals surface area contributed by atoms with Gasteiger partial charge < -0.3 is 4.42 Å². The van der Waals surface area contributed by atoms with Crippen LogP contribution in [0.2, 0.25) is 0 Å². The summed E-state index contributed by atoms with van der Waals surface area (Å²) in [5.41, 5.74) is 3.95. The molecule has 7 heteroatoms. The van der Waals surface area contributed by atoms with E-state index < -0.39 is 0 Å². The summed E-state index contributed by atoms with van der Waals surface area (Å²) in [6, 6.07) is 7.87. The van der Waals surface area contributed by atoms with E-state index in [0.29, 0.717) is 18.0 Å². The van der Waals surface area contributed by atoms with Crippen molar-refractivity contribution in [3.8, 4) is 0 Å². The lowest BCUT2D eigenvalue weighted by Crippen LogP contribution is -2.16. The second kappa shape index (κ2) is 6.04. The van der Waals surface area contributed by atoms with E-state index in [0.717, 1.165) is 5.56 Å². The Morgan fingerprint density at radius 2 is 2.04 bits per heavy atom. The van der Waals surface area contributed by atoms with Gasteiger partial charge >= 0.3 is 6.01 Å². The molecule has 0 unspecified atom stereocenters. The van der Waals surface area contributed by atoms with Crippen LogP contribution in [0.3, 0.4) is 0 Å². The maximum absolute atomic E-state index is 12.0. The molecular formula is C16H17N5O2. The minimum absolute atomic E-state index is 0.0787. The second-order valence-electron chi connectivity index (χ2n) is 5.39. The van der Waals surface area contributed by atoms with Crippen LogP contribution in [0.4, 0.5) is 6.01 Å². The van der Waals surface area contributed by atoms with Gasteiger partial charge in [-0.2, -0.15) is 5.10 Å². The fourth-order valence-electron chi connectivity index (χ4n) is 2.22. The van der Waals surface area contributed by atoms with E-state index in [2.05, 4.69) is 46.6 Å². The number of rotatable bonds is 4. The molecule has 1 amide bonds. The normalized spacial score (nSPS) is 10.7. The van der Waals surface area contributed by atoms with Gasteiger partial charge in [-0.05, 0) is 36.6 Å². The van der Waals surface area contributed by atoms with Crippen LogP contribution in [0, 0.1) is 13.8 Å². The first-order valence-electron chi connectivity index (χ1n) is 7.21. The van der Waals surface area contributed by atoms with Gasteiger partial charge in [-0.15, -0.1) is 5.10 Å². The van der Waals surface area contributed by atoms with Crippen LogP contribution < -0.4 is 5.32 Å². The molecule has 118 valence electrons. The zero-order valence-corrected chi connectivity index (χ0v) is 13.2. The topological polar surface area (TPSA) is 85.8 Å². The molecule has 0 aliphatic carbocycles. The van der Waals surface area contributed by atoms with Gasteiger partial charge in [0, 0.05) is 13.2 Å². The van der Waals surface area contributed by atoms with Gasteiger partial charge in [0.15, 0.2) is 0 Å². The summed E-state index contributed by atoms with van der Waals surface area (Å²) in [5, 5.41) is 14.3. The minimum atomic E-state index is -0.341. The van der Waals surface area contributed by atoms with Crippen molar-refractivity contribution in [1.29, 1.82) is 0 Å². The number of carbonyl (C=O) groups excluding carboxylic acids is 1. The number of nitrogens with zero attached hydrogens (tertiary/aromatic N) is 4. The molecule has 0 saturated carbocycles. The molecule has 23 heavy (non-hydrogen) atoms. The zero-order valence-electron chi connectivity index (χ0n) is 13.2. The van der Waals surface area contributed by atoms with Crippen molar-refractivity contribution in [2.75, 3.05) is 5.32 Å². The van der Waals surface area contributed by atoms with Gasteiger partial charge in [0.05, 0.1) is 6.42 Å². The highest BCUT2D eigenvalue weighted by Gasteiger charge is 2.14. The van der Waals surface area contributed by atoms with E-state index in [9.17, 15) is 4.79 Å². The van der Waals surface area contributed by atoms with Crippen molar-refractivity contribution in [2.24, 2.45) is 7.05 Å². The fraction of sp³-hybridized carbons (Fsp3) is 0.250. The number of aryl methyl sites for hydroxylation is 3. The summed E-state index contributed by atoms with van der Waals surface area (Å²) in [5.74, 6) is 0.111. The van der Waals surface area contributed by atoms with Crippen molar-refractivity contribution in [3.63, 3.8) is 0 Å². The van der Waals surface area contributed by atoms with Crippen LogP contribution in [0.5, 0.6) is 0 Å². The van der Waals surface area contributed by atoms with Gasteiger partial charge in [0.25, 0.3) is 5.91 Å². The quantitative estimate of drug-likeness (QED) is 0.798. The largest absolute Gasteiger partial charge is 0.407 e. The lowest BCUT2D eigenvalue weighted by Gasteiger charge is -2.02. The highest BCUT2D eigenvalue weighted by molar-refractivity contribution is 6.01. The van der Waals surface area contributed by atoms with E-state index in [4.69, 9.17) is 4.42 Å². The van der Waals surface area contributed by atoms with E-state index in [-0.39, 0.29) is 11.9 Å². The third-order valence-electron chi connectivity index (χ3n) is 3.67. The van der Waals surface area contributed by atoms with Crippen LogP contribution >= 0.6 is 0 Å². The maximum Gasteiger partial charge on any atom is 0.322 e. The molecule has 0 aliphatic rings. The molecule has 0 bridgehead atoms. The average molecular weight is 311 g/mol. The van der Waals surface area contributed by atoms with E-state index >= 15 is 0 Å². The van der Waals surface area contributed by atoms with E-state index in [1.807, 2.05) is 6.07 Å². The SMILES string of the molecule is Cc1ccc(Cc2nnc(NC(=O)c3ccnn3C)o2)cc1C. The average Bonchev–Trinajstić information content (AvgIpc) is 3.12. The molecule has 3 aromatic rings. The van der Waals surface area contributed by atoms with Crippen molar-refractivity contribution < 1.29 is 9.21 Å². The van der Waals surface area contributed by atoms with Gasteiger partial charge in [-0.25, -0.2) is 0 Å². The van der Waals surface area contributed by atoms with Crippen molar-refractivity contribution in [3.05, 3.63) is 58.7 Å². The minimum Gasteiger partial charge on any atom is -0.407 e. The van der Waals surface area contributed by atoms with Crippen LogP contribution in [-0.4, -0.2) is 25.9 Å². The summed E-state index contributed by atoms with van der Waals surface area (Å²) < 4.78 is 6.96. The highest BCUT2D eigenvalue weighted by Crippen LogP contribution is 2.15. The molecule has 0 spiro atoms. The molecule has 0 atom stereocenters. The number of benzene rings is 1. The Bertz CT molecular complexity index is 850. The Labute approximate surface area is 133 Å². The third-order valence-corrected chi connectivity index (χ3v) is 3.67. The molecule has 1 N–H and O–H groups in total. The number of aromatic nitrogens is 4. The summed E-state index contributed by atoms with van der Waals surface area (Å²) in [6.07, 6.45) is 2.07. The Morgan fingerprint density at radius 3 is 2.74 bits per heavy atom. The monoisotopic (exact) mass is 311 g/mol. The first kappa shape index (κ1) is 15.0. The molecule has 0 saturated heterocycles. The smallest absolute Gasteiger partial charge is 0.322 e. The lowest BCUT2D eigenvalue weighted by atomic mass is 10.0. The Kier molecular flexibility index (Phi) is 3.92. The van der Waals surface area contributed by atoms with Gasteiger partial charge in [-0.1, -0.05) is 23.3 Å². The van der Waals surface area contributed by atoms with Crippen LogP contribution in [0.25, 0.3) is 0 Å². The number of hydrogen-bond donors (Lipinski definition) is 1. The van der Waals surface area contributed by atoms with Gasteiger partial charge in [0.2, 0.25) is 5.89 Å². The fourth-order valence-corrected chi connectivity index (χ4v) is 2.22. The zero-order chi connectivity index (χ0) is 16.4. The predicted octanol–water partition coefficient (Wildman–Crippen LogP) is 2.26. The molecule has 0 radical (unpaired) electrons.